The van der Waals surface area contributed by atoms with Gasteiger partial charge in [-0.25, -0.2) is 4.39 Å². The molecule has 0 aromatic heterocycles. The Bertz CT molecular complexity index is 455. The summed E-state index contributed by atoms with van der Waals surface area (Å²) >= 11 is 0. The normalized spacial score (nSPS) is 30.0. The molecule has 104 valence electrons. The summed E-state index contributed by atoms with van der Waals surface area (Å²) in [5, 5.41) is 0. The number of rotatable bonds is 2. The van der Waals surface area contributed by atoms with E-state index in [1.165, 1.54) is 43.4 Å². The van der Waals surface area contributed by atoms with Gasteiger partial charge in [0.1, 0.15) is 5.82 Å². The zero-order valence-corrected chi connectivity index (χ0v) is 12.0. The van der Waals surface area contributed by atoms with E-state index < -0.39 is 0 Å². The third-order valence-corrected chi connectivity index (χ3v) is 5.06. The third-order valence-electron chi connectivity index (χ3n) is 5.06. The molecule has 0 saturated heterocycles. The Morgan fingerprint density at radius 3 is 2.84 bits per heavy atom. The average Bonchev–Trinajstić information content (AvgIpc) is 2.37. The fourth-order valence-corrected chi connectivity index (χ4v) is 4.35. The van der Waals surface area contributed by atoms with Crippen molar-refractivity contribution in [2.24, 2.45) is 11.8 Å². The maximum absolute atomic E-state index is 13.4. The van der Waals surface area contributed by atoms with Crippen LogP contribution < -0.4 is 0 Å². The van der Waals surface area contributed by atoms with Crippen LogP contribution in [0.3, 0.4) is 0 Å². The minimum atomic E-state index is -0.0714. The van der Waals surface area contributed by atoms with E-state index in [9.17, 15) is 4.39 Å². The SMILES string of the molecule is CN(C)CC1CCCC2c3ccc(F)cc3CCC12. The molecule has 3 unspecified atom stereocenters. The zero-order chi connectivity index (χ0) is 13.4. The van der Waals surface area contributed by atoms with Crippen molar-refractivity contribution < 1.29 is 4.39 Å². The Labute approximate surface area is 115 Å². The molecule has 1 saturated carbocycles. The van der Waals surface area contributed by atoms with Crippen LogP contribution in [0.1, 0.15) is 42.7 Å². The lowest BCUT2D eigenvalue weighted by Gasteiger charge is -2.43. The summed E-state index contributed by atoms with van der Waals surface area (Å²) in [7, 11) is 4.35. The fourth-order valence-electron chi connectivity index (χ4n) is 4.35. The molecule has 1 nitrogen and oxygen atoms in total. The number of hydrogen-bond donors (Lipinski definition) is 0. The van der Waals surface area contributed by atoms with E-state index in [0.29, 0.717) is 5.92 Å². The van der Waals surface area contributed by atoms with Crippen molar-refractivity contribution in [2.45, 2.75) is 38.0 Å². The van der Waals surface area contributed by atoms with Crippen molar-refractivity contribution >= 4 is 0 Å². The van der Waals surface area contributed by atoms with Crippen LogP contribution in [0.2, 0.25) is 0 Å². The summed E-state index contributed by atoms with van der Waals surface area (Å²) in [6, 6.07) is 5.47. The minimum Gasteiger partial charge on any atom is -0.309 e. The largest absolute Gasteiger partial charge is 0.309 e. The summed E-state index contributed by atoms with van der Waals surface area (Å²) in [5.74, 6) is 2.25. The lowest BCUT2D eigenvalue weighted by Crippen LogP contribution is -2.36. The summed E-state index contributed by atoms with van der Waals surface area (Å²) < 4.78 is 13.4. The Kier molecular flexibility index (Phi) is 3.62. The van der Waals surface area contributed by atoms with Gasteiger partial charge in [0.2, 0.25) is 0 Å². The van der Waals surface area contributed by atoms with Crippen LogP contribution in [0.4, 0.5) is 4.39 Å². The van der Waals surface area contributed by atoms with Crippen molar-refractivity contribution in [3.63, 3.8) is 0 Å². The van der Waals surface area contributed by atoms with Gasteiger partial charge in [0.05, 0.1) is 0 Å². The van der Waals surface area contributed by atoms with Gasteiger partial charge in [0, 0.05) is 6.54 Å². The van der Waals surface area contributed by atoms with Crippen molar-refractivity contribution in [1.82, 2.24) is 4.90 Å². The minimum absolute atomic E-state index is 0.0714. The molecule has 19 heavy (non-hydrogen) atoms. The molecule has 2 heteroatoms. The topological polar surface area (TPSA) is 3.24 Å². The standard InChI is InChI=1S/C17H24FN/c1-19(2)11-13-4-3-5-17-15-9-7-14(18)10-12(15)6-8-16(13)17/h7,9-10,13,16-17H,3-6,8,11H2,1-2H3. The van der Waals surface area contributed by atoms with Crippen LogP contribution in [-0.2, 0) is 6.42 Å². The summed E-state index contributed by atoms with van der Waals surface area (Å²) in [4.78, 5) is 2.33. The maximum Gasteiger partial charge on any atom is 0.123 e. The van der Waals surface area contributed by atoms with E-state index in [1.54, 1.807) is 12.1 Å². The summed E-state index contributed by atoms with van der Waals surface area (Å²) in [5.41, 5.74) is 2.72. The highest BCUT2D eigenvalue weighted by Crippen LogP contribution is 2.47. The molecular weight excluding hydrogens is 237 g/mol. The molecule has 0 amide bonds. The molecule has 2 aliphatic rings. The number of nitrogens with zero attached hydrogens (tertiary/aromatic N) is 1. The highest BCUT2D eigenvalue weighted by atomic mass is 19.1. The molecule has 0 bridgehead atoms. The van der Waals surface area contributed by atoms with Crippen LogP contribution in [0.25, 0.3) is 0 Å². The highest BCUT2D eigenvalue weighted by Gasteiger charge is 2.37. The highest BCUT2D eigenvalue weighted by molar-refractivity contribution is 5.34. The van der Waals surface area contributed by atoms with Crippen LogP contribution in [0.5, 0.6) is 0 Å². The Balaban J connectivity index is 1.86. The van der Waals surface area contributed by atoms with E-state index in [1.807, 2.05) is 0 Å². The van der Waals surface area contributed by atoms with Crippen molar-refractivity contribution in [2.75, 3.05) is 20.6 Å². The van der Waals surface area contributed by atoms with Gasteiger partial charge in [0.25, 0.3) is 0 Å². The molecule has 3 atom stereocenters. The molecule has 1 aromatic carbocycles. The molecule has 0 aliphatic heterocycles. The number of benzene rings is 1. The number of hydrogen-bond acceptors (Lipinski definition) is 1. The van der Waals surface area contributed by atoms with Crippen molar-refractivity contribution in [1.29, 1.82) is 0 Å². The van der Waals surface area contributed by atoms with Gasteiger partial charge >= 0.3 is 0 Å². The molecule has 0 radical (unpaired) electrons. The first kappa shape index (κ1) is 13.1. The Morgan fingerprint density at radius 2 is 2.05 bits per heavy atom. The lowest BCUT2D eigenvalue weighted by molar-refractivity contribution is 0.145. The zero-order valence-electron chi connectivity index (χ0n) is 12.0. The number of aryl methyl sites for hydroxylation is 1. The van der Waals surface area contributed by atoms with Crippen LogP contribution in [0.15, 0.2) is 18.2 Å². The van der Waals surface area contributed by atoms with Gasteiger partial charge in [-0.05, 0) is 80.8 Å². The second-order valence-electron chi connectivity index (χ2n) is 6.61. The molecule has 2 aliphatic carbocycles. The van der Waals surface area contributed by atoms with E-state index in [0.717, 1.165) is 18.3 Å². The molecule has 0 heterocycles. The maximum atomic E-state index is 13.4. The van der Waals surface area contributed by atoms with E-state index >= 15 is 0 Å². The molecule has 1 aromatic rings. The fraction of sp³-hybridized carbons (Fsp3) is 0.647. The van der Waals surface area contributed by atoms with Crippen LogP contribution >= 0.6 is 0 Å². The predicted molar refractivity (Wildman–Crippen MR) is 76.8 cm³/mol. The van der Waals surface area contributed by atoms with Crippen LogP contribution in [0, 0.1) is 17.7 Å². The first-order valence-corrected chi connectivity index (χ1v) is 7.58. The first-order chi connectivity index (χ1) is 9.15. The van der Waals surface area contributed by atoms with E-state index in [-0.39, 0.29) is 5.82 Å². The third kappa shape index (κ3) is 2.55. The van der Waals surface area contributed by atoms with Gasteiger partial charge in [0.15, 0.2) is 0 Å². The van der Waals surface area contributed by atoms with Gasteiger partial charge in [-0.1, -0.05) is 12.5 Å². The second-order valence-corrected chi connectivity index (χ2v) is 6.61. The first-order valence-electron chi connectivity index (χ1n) is 7.58. The smallest absolute Gasteiger partial charge is 0.123 e. The summed E-state index contributed by atoms with van der Waals surface area (Å²) in [6.07, 6.45) is 6.32. The number of halogens is 1. The molecule has 3 rings (SSSR count). The predicted octanol–water partition coefficient (Wildman–Crippen LogP) is 3.83. The van der Waals surface area contributed by atoms with Gasteiger partial charge in [-0.2, -0.15) is 0 Å². The number of fused-ring (bicyclic) bond motifs is 3. The van der Waals surface area contributed by atoms with Crippen LogP contribution in [-0.4, -0.2) is 25.5 Å². The molecule has 1 fully saturated rings. The molecule has 0 spiro atoms. The van der Waals surface area contributed by atoms with Crippen molar-refractivity contribution in [3.8, 4) is 0 Å². The Hall–Kier alpha value is -0.890. The van der Waals surface area contributed by atoms with Crippen molar-refractivity contribution in [3.05, 3.63) is 35.1 Å². The van der Waals surface area contributed by atoms with E-state index in [4.69, 9.17) is 0 Å². The average molecular weight is 261 g/mol. The quantitative estimate of drug-likeness (QED) is 0.782. The molecule has 0 N–H and O–H groups in total. The lowest BCUT2D eigenvalue weighted by atomic mass is 9.63. The monoisotopic (exact) mass is 261 g/mol. The van der Waals surface area contributed by atoms with Gasteiger partial charge in [-0.3, -0.25) is 0 Å². The van der Waals surface area contributed by atoms with E-state index in [2.05, 4.69) is 25.1 Å². The van der Waals surface area contributed by atoms with Gasteiger partial charge in [-0.15, -0.1) is 0 Å². The second kappa shape index (κ2) is 5.24. The van der Waals surface area contributed by atoms with Gasteiger partial charge < -0.3 is 4.90 Å². The Morgan fingerprint density at radius 1 is 1.21 bits per heavy atom. The molecular formula is C17H24FN. The summed E-state index contributed by atoms with van der Waals surface area (Å²) in [6.45, 7) is 1.21.